The third kappa shape index (κ3) is 5.24. The third-order valence-electron chi connectivity index (χ3n) is 4.70. The fourth-order valence-corrected chi connectivity index (χ4v) is 3.44. The highest BCUT2D eigenvalue weighted by atomic mass is 16.3. The van der Waals surface area contributed by atoms with Crippen molar-refractivity contribution in [1.29, 1.82) is 0 Å². The van der Waals surface area contributed by atoms with E-state index in [0.29, 0.717) is 18.4 Å². The molecule has 2 aliphatic rings. The Labute approximate surface area is 128 Å². The van der Waals surface area contributed by atoms with Crippen LogP contribution in [0.5, 0.6) is 0 Å². The molecule has 2 heterocycles. The smallest absolute Gasteiger partial charge is 0.223 e. The highest BCUT2D eigenvalue weighted by Gasteiger charge is 2.25. The van der Waals surface area contributed by atoms with Gasteiger partial charge >= 0.3 is 0 Å². The number of piperazine rings is 1. The molecule has 0 aromatic carbocycles. The molecule has 0 bridgehead atoms. The molecule has 0 unspecified atom stereocenters. The van der Waals surface area contributed by atoms with E-state index in [2.05, 4.69) is 16.7 Å². The van der Waals surface area contributed by atoms with Crippen LogP contribution in [0, 0.1) is 0 Å². The van der Waals surface area contributed by atoms with E-state index in [1.807, 2.05) is 11.8 Å². The van der Waals surface area contributed by atoms with Gasteiger partial charge < -0.3 is 14.9 Å². The molecule has 0 aliphatic carbocycles. The fraction of sp³-hybridized carbons (Fsp3) is 0.938. The molecule has 2 atom stereocenters. The van der Waals surface area contributed by atoms with Gasteiger partial charge in [-0.1, -0.05) is 0 Å². The molecule has 21 heavy (non-hydrogen) atoms. The molecule has 1 amide bonds. The second kappa shape index (κ2) is 8.11. The number of hydrogen-bond acceptors (Lipinski definition) is 4. The van der Waals surface area contributed by atoms with Crippen molar-refractivity contribution in [1.82, 2.24) is 14.7 Å². The number of nitrogens with zero attached hydrogens (tertiary/aromatic N) is 3. The number of amides is 1. The molecule has 5 heteroatoms. The average Bonchev–Trinajstić information content (AvgIpc) is 2.48. The Bertz CT molecular complexity index is 329. The first-order chi connectivity index (χ1) is 10.1. The van der Waals surface area contributed by atoms with Crippen LogP contribution in [0.1, 0.15) is 39.5 Å². The van der Waals surface area contributed by atoms with Gasteiger partial charge in [0.25, 0.3) is 0 Å². The largest absolute Gasteiger partial charge is 0.392 e. The van der Waals surface area contributed by atoms with Gasteiger partial charge in [-0.3, -0.25) is 9.69 Å². The van der Waals surface area contributed by atoms with Crippen molar-refractivity contribution in [3.63, 3.8) is 0 Å². The number of carbonyl (C=O) groups is 1. The van der Waals surface area contributed by atoms with Crippen molar-refractivity contribution in [2.24, 2.45) is 0 Å². The maximum absolute atomic E-state index is 12.2. The Morgan fingerprint density at radius 3 is 2.52 bits per heavy atom. The normalized spacial score (nSPS) is 26.8. The van der Waals surface area contributed by atoms with Crippen molar-refractivity contribution in [2.75, 3.05) is 45.8 Å². The monoisotopic (exact) mass is 297 g/mol. The predicted octanol–water partition coefficient (Wildman–Crippen LogP) is 0.776. The number of likely N-dealkylation sites (tertiary alicyclic amines) is 1. The van der Waals surface area contributed by atoms with Crippen molar-refractivity contribution in [2.45, 2.75) is 51.7 Å². The topological polar surface area (TPSA) is 47.0 Å². The molecule has 0 aromatic rings. The summed E-state index contributed by atoms with van der Waals surface area (Å²) in [5.74, 6) is 0.328. The van der Waals surface area contributed by atoms with Crippen molar-refractivity contribution in [3.05, 3.63) is 0 Å². The van der Waals surface area contributed by atoms with Crippen molar-refractivity contribution < 1.29 is 9.90 Å². The molecule has 1 N–H and O–H groups in total. The molecule has 2 aliphatic heterocycles. The number of aliphatic hydroxyl groups excluding tert-OH is 1. The summed E-state index contributed by atoms with van der Waals surface area (Å²) in [6, 6.07) is 0.457. The SMILES string of the molecule is C[C@H](O)CN1CCN(CCC(=O)N2CCCCC2)C[C@@H]1C. The molecule has 122 valence electrons. The Morgan fingerprint density at radius 2 is 1.90 bits per heavy atom. The molecular formula is C16H31N3O2. The second-order valence-corrected chi connectivity index (χ2v) is 6.69. The molecule has 0 radical (unpaired) electrons. The van der Waals surface area contributed by atoms with Gasteiger partial charge in [0.05, 0.1) is 6.10 Å². The molecule has 0 spiro atoms. The lowest BCUT2D eigenvalue weighted by Crippen LogP contribution is -2.53. The Kier molecular flexibility index (Phi) is 6.45. The molecule has 2 saturated heterocycles. The predicted molar refractivity (Wildman–Crippen MR) is 84.2 cm³/mol. The van der Waals surface area contributed by atoms with Crippen LogP contribution in [0.3, 0.4) is 0 Å². The van der Waals surface area contributed by atoms with E-state index in [1.54, 1.807) is 0 Å². The van der Waals surface area contributed by atoms with E-state index in [9.17, 15) is 9.90 Å². The standard InChI is InChI=1S/C16H31N3O2/c1-14-12-17(10-11-19(14)13-15(2)20)9-6-16(21)18-7-4-3-5-8-18/h14-15,20H,3-13H2,1-2H3/t14-,15-/m0/s1. The minimum atomic E-state index is -0.264. The summed E-state index contributed by atoms with van der Waals surface area (Å²) in [6.45, 7) is 10.6. The van der Waals surface area contributed by atoms with Crippen LogP contribution in [0.25, 0.3) is 0 Å². The van der Waals surface area contributed by atoms with Gasteiger partial charge in [0, 0.05) is 58.3 Å². The number of carbonyl (C=O) groups excluding carboxylic acids is 1. The van der Waals surface area contributed by atoms with Crippen molar-refractivity contribution in [3.8, 4) is 0 Å². The zero-order chi connectivity index (χ0) is 15.2. The second-order valence-electron chi connectivity index (χ2n) is 6.69. The van der Waals surface area contributed by atoms with Crippen LogP contribution in [-0.4, -0.2) is 83.7 Å². The highest BCUT2D eigenvalue weighted by Crippen LogP contribution is 2.13. The number of β-amino-alcohol motifs (C(OH)–C–C–N with tert-alkyl or cyclic N) is 1. The third-order valence-corrected chi connectivity index (χ3v) is 4.70. The van der Waals surface area contributed by atoms with Gasteiger partial charge in [-0.2, -0.15) is 0 Å². The van der Waals surface area contributed by atoms with Gasteiger partial charge in [-0.15, -0.1) is 0 Å². The van der Waals surface area contributed by atoms with Crippen molar-refractivity contribution >= 4 is 5.91 Å². The van der Waals surface area contributed by atoms with Crippen LogP contribution in [0.4, 0.5) is 0 Å². The number of hydrogen-bond donors (Lipinski definition) is 1. The van der Waals surface area contributed by atoms with Gasteiger partial charge in [-0.05, 0) is 33.1 Å². The van der Waals surface area contributed by atoms with Gasteiger partial charge in [-0.25, -0.2) is 0 Å². The lowest BCUT2D eigenvalue weighted by Gasteiger charge is -2.40. The molecule has 0 aromatic heterocycles. The minimum absolute atomic E-state index is 0.264. The maximum Gasteiger partial charge on any atom is 0.223 e. The highest BCUT2D eigenvalue weighted by molar-refractivity contribution is 5.76. The van der Waals surface area contributed by atoms with Crippen LogP contribution < -0.4 is 0 Å². The number of piperidine rings is 1. The van der Waals surface area contributed by atoms with Crippen LogP contribution >= 0.6 is 0 Å². The summed E-state index contributed by atoms with van der Waals surface area (Å²) in [6.07, 6.45) is 4.00. The van der Waals surface area contributed by atoms with E-state index < -0.39 is 0 Å². The summed E-state index contributed by atoms with van der Waals surface area (Å²) in [4.78, 5) is 19.0. The number of aliphatic hydroxyl groups is 1. The van der Waals surface area contributed by atoms with E-state index >= 15 is 0 Å². The van der Waals surface area contributed by atoms with E-state index in [0.717, 1.165) is 45.8 Å². The van der Waals surface area contributed by atoms with E-state index in [-0.39, 0.29) is 6.10 Å². The van der Waals surface area contributed by atoms with Gasteiger partial charge in [0.15, 0.2) is 0 Å². The minimum Gasteiger partial charge on any atom is -0.392 e. The Balaban J connectivity index is 1.68. The molecule has 2 fully saturated rings. The Hall–Kier alpha value is -0.650. The zero-order valence-corrected chi connectivity index (χ0v) is 13.6. The summed E-state index contributed by atoms with van der Waals surface area (Å²) < 4.78 is 0. The number of rotatable bonds is 5. The van der Waals surface area contributed by atoms with Gasteiger partial charge in [0.1, 0.15) is 0 Å². The van der Waals surface area contributed by atoms with E-state index in [4.69, 9.17) is 0 Å². The lowest BCUT2D eigenvalue weighted by molar-refractivity contribution is -0.132. The zero-order valence-electron chi connectivity index (χ0n) is 13.6. The van der Waals surface area contributed by atoms with Crippen LogP contribution in [0.15, 0.2) is 0 Å². The summed E-state index contributed by atoms with van der Waals surface area (Å²) in [5.41, 5.74) is 0. The molecule has 2 rings (SSSR count). The summed E-state index contributed by atoms with van der Waals surface area (Å²) >= 11 is 0. The van der Waals surface area contributed by atoms with Crippen LogP contribution in [0.2, 0.25) is 0 Å². The summed E-state index contributed by atoms with van der Waals surface area (Å²) in [7, 11) is 0. The molecular weight excluding hydrogens is 266 g/mol. The van der Waals surface area contributed by atoms with Crippen LogP contribution in [-0.2, 0) is 4.79 Å². The maximum atomic E-state index is 12.2. The molecule has 5 nitrogen and oxygen atoms in total. The first kappa shape index (κ1) is 16.7. The van der Waals surface area contributed by atoms with E-state index in [1.165, 1.54) is 19.3 Å². The fourth-order valence-electron chi connectivity index (χ4n) is 3.44. The first-order valence-electron chi connectivity index (χ1n) is 8.48. The quantitative estimate of drug-likeness (QED) is 0.814. The average molecular weight is 297 g/mol. The summed E-state index contributed by atoms with van der Waals surface area (Å²) in [5, 5.41) is 9.50. The Morgan fingerprint density at radius 1 is 1.19 bits per heavy atom. The lowest BCUT2D eigenvalue weighted by atomic mass is 10.1. The first-order valence-corrected chi connectivity index (χ1v) is 8.48. The van der Waals surface area contributed by atoms with Gasteiger partial charge in [0.2, 0.25) is 5.91 Å². The molecule has 0 saturated carbocycles.